The maximum atomic E-state index is 12.6. The lowest BCUT2D eigenvalue weighted by Gasteiger charge is -2.16. The SMILES string of the molecule is CCc1ccc(-n2c(SCC(=O)NC3CCCCCC3)nnc2-c2ccncc2)cc1. The van der Waals surface area contributed by atoms with E-state index in [1.165, 1.54) is 43.0 Å². The van der Waals surface area contributed by atoms with Gasteiger partial charge in [-0.05, 0) is 49.1 Å². The van der Waals surface area contributed by atoms with E-state index in [1.54, 1.807) is 12.4 Å². The molecule has 1 aromatic carbocycles. The third kappa shape index (κ3) is 5.53. The quantitative estimate of drug-likeness (QED) is 0.425. The Balaban J connectivity index is 1.54. The first-order chi connectivity index (χ1) is 15.2. The van der Waals surface area contributed by atoms with E-state index in [-0.39, 0.29) is 5.91 Å². The summed E-state index contributed by atoms with van der Waals surface area (Å²) in [4.78, 5) is 16.7. The second-order valence-corrected chi connectivity index (χ2v) is 8.88. The molecule has 1 saturated carbocycles. The van der Waals surface area contributed by atoms with Crippen LogP contribution >= 0.6 is 11.8 Å². The Kier molecular flexibility index (Phi) is 7.35. The van der Waals surface area contributed by atoms with Crippen LogP contribution in [0.25, 0.3) is 17.1 Å². The van der Waals surface area contributed by atoms with E-state index in [0.29, 0.717) is 17.0 Å². The summed E-state index contributed by atoms with van der Waals surface area (Å²) in [5.41, 5.74) is 3.21. The van der Waals surface area contributed by atoms with Crippen molar-refractivity contribution >= 4 is 17.7 Å². The first kappa shape index (κ1) is 21.6. The molecule has 31 heavy (non-hydrogen) atoms. The van der Waals surface area contributed by atoms with Gasteiger partial charge in [0.15, 0.2) is 11.0 Å². The highest BCUT2D eigenvalue weighted by atomic mass is 32.2. The summed E-state index contributed by atoms with van der Waals surface area (Å²) >= 11 is 1.43. The molecule has 7 heteroatoms. The maximum Gasteiger partial charge on any atom is 0.230 e. The van der Waals surface area contributed by atoms with Gasteiger partial charge in [0, 0.05) is 29.7 Å². The number of aromatic nitrogens is 4. The number of nitrogens with zero attached hydrogens (tertiary/aromatic N) is 4. The summed E-state index contributed by atoms with van der Waals surface area (Å²) in [6, 6.07) is 12.6. The molecular weight excluding hydrogens is 406 g/mol. The van der Waals surface area contributed by atoms with Gasteiger partial charge in [0.25, 0.3) is 0 Å². The molecule has 0 saturated heterocycles. The Hall–Kier alpha value is -2.67. The van der Waals surface area contributed by atoms with Gasteiger partial charge < -0.3 is 5.32 Å². The number of nitrogens with one attached hydrogen (secondary N) is 1. The van der Waals surface area contributed by atoms with Crippen LogP contribution in [0.15, 0.2) is 53.9 Å². The monoisotopic (exact) mass is 435 g/mol. The Morgan fingerprint density at radius 3 is 2.42 bits per heavy atom. The maximum absolute atomic E-state index is 12.6. The molecule has 0 unspecified atom stereocenters. The third-order valence-electron chi connectivity index (χ3n) is 5.73. The summed E-state index contributed by atoms with van der Waals surface area (Å²) in [5, 5.41) is 12.8. The minimum Gasteiger partial charge on any atom is -0.353 e. The lowest BCUT2D eigenvalue weighted by molar-refractivity contribution is -0.119. The lowest BCUT2D eigenvalue weighted by Crippen LogP contribution is -2.35. The van der Waals surface area contributed by atoms with Gasteiger partial charge in [-0.2, -0.15) is 0 Å². The number of pyridine rings is 1. The summed E-state index contributed by atoms with van der Waals surface area (Å²) in [7, 11) is 0. The third-order valence-corrected chi connectivity index (χ3v) is 6.66. The Bertz CT molecular complexity index is 979. The van der Waals surface area contributed by atoms with Gasteiger partial charge >= 0.3 is 0 Å². The molecule has 1 aliphatic carbocycles. The number of hydrogen-bond donors (Lipinski definition) is 1. The zero-order valence-electron chi connectivity index (χ0n) is 18.0. The molecule has 3 aromatic rings. The van der Waals surface area contributed by atoms with Gasteiger partial charge in [-0.1, -0.05) is 56.5 Å². The van der Waals surface area contributed by atoms with E-state index in [4.69, 9.17) is 0 Å². The molecule has 2 heterocycles. The minimum absolute atomic E-state index is 0.0678. The summed E-state index contributed by atoms with van der Waals surface area (Å²) in [6.07, 6.45) is 11.6. The number of amides is 1. The molecule has 0 radical (unpaired) electrons. The van der Waals surface area contributed by atoms with Gasteiger partial charge in [0.1, 0.15) is 0 Å². The van der Waals surface area contributed by atoms with Crippen LogP contribution in [0.3, 0.4) is 0 Å². The van der Waals surface area contributed by atoms with E-state index < -0.39 is 0 Å². The molecule has 1 aliphatic rings. The standard InChI is InChI=1S/C24H29N5OS/c1-2-18-9-11-21(12-10-18)29-23(19-13-15-25-16-14-19)27-28-24(29)31-17-22(30)26-20-7-5-3-4-6-8-20/h9-16,20H,2-8,17H2,1H3,(H,26,30). The van der Waals surface area contributed by atoms with Crippen molar-refractivity contribution in [2.45, 2.75) is 63.1 Å². The molecule has 4 rings (SSSR count). The number of aryl methyl sites for hydroxylation is 1. The van der Waals surface area contributed by atoms with Crippen LogP contribution in [-0.2, 0) is 11.2 Å². The predicted molar refractivity (Wildman–Crippen MR) is 124 cm³/mol. The van der Waals surface area contributed by atoms with Crippen molar-refractivity contribution < 1.29 is 4.79 Å². The molecular formula is C24H29N5OS. The van der Waals surface area contributed by atoms with Crippen LogP contribution in [0.5, 0.6) is 0 Å². The van der Waals surface area contributed by atoms with E-state index in [2.05, 4.69) is 51.7 Å². The van der Waals surface area contributed by atoms with Crippen LogP contribution in [0.1, 0.15) is 51.0 Å². The number of thioether (sulfide) groups is 1. The van der Waals surface area contributed by atoms with Crippen LogP contribution < -0.4 is 5.32 Å². The second-order valence-electron chi connectivity index (χ2n) is 7.94. The van der Waals surface area contributed by atoms with E-state index in [9.17, 15) is 4.79 Å². The number of benzene rings is 1. The second kappa shape index (κ2) is 10.6. The molecule has 1 amide bonds. The number of rotatable bonds is 7. The van der Waals surface area contributed by atoms with Crippen LogP contribution in [0.4, 0.5) is 0 Å². The first-order valence-corrected chi connectivity index (χ1v) is 12.1. The fraction of sp³-hybridized carbons (Fsp3) is 0.417. The highest BCUT2D eigenvalue weighted by Gasteiger charge is 2.19. The topological polar surface area (TPSA) is 72.7 Å². The molecule has 162 valence electrons. The molecule has 0 bridgehead atoms. The van der Waals surface area contributed by atoms with E-state index >= 15 is 0 Å². The molecule has 1 fully saturated rings. The molecule has 0 aliphatic heterocycles. The van der Waals surface area contributed by atoms with Crippen molar-refractivity contribution in [3.05, 3.63) is 54.4 Å². The highest BCUT2D eigenvalue weighted by Crippen LogP contribution is 2.28. The zero-order chi connectivity index (χ0) is 21.5. The van der Waals surface area contributed by atoms with Gasteiger partial charge in [-0.25, -0.2) is 0 Å². The molecule has 6 nitrogen and oxygen atoms in total. The van der Waals surface area contributed by atoms with Crippen molar-refractivity contribution in [3.63, 3.8) is 0 Å². The summed E-state index contributed by atoms with van der Waals surface area (Å²) in [5.74, 6) is 1.15. The molecule has 2 aromatic heterocycles. The van der Waals surface area contributed by atoms with Crippen molar-refractivity contribution in [3.8, 4) is 17.1 Å². The molecule has 0 atom stereocenters. The van der Waals surface area contributed by atoms with Crippen molar-refractivity contribution in [1.29, 1.82) is 0 Å². The average molecular weight is 436 g/mol. The van der Waals surface area contributed by atoms with Gasteiger partial charge in [-0.3, -0.25) is 14.3 Å². The predicted octanol–water partition coefficient (Wildman–Crippen LogP) is 4.82. The minimum atomic E-state index is 0.0678. The Morgan fingerprint density at radius 2 is 1.74 bits per heavy atom. The fourth-order valence-electron chi connectivity index (χ4n) is 3.99. The molecule has 0 spiro atoms. The lowest BCUT2D eigenvalue weighted by atomic mass is 10.1. The van der Waals surface area contributed by atoms with E-state index in [0.717, 1.165) is 36.3 Å². The molecule has 1 N–H and O–H groups in total. The number of carbonyl (C=O) groups excluding carboxylic acids is 1. The van der Waals surface area contributed by atoms with Crippen molar-refractivity contribution in [2.75, 3.05) is 5.75 Å². The fourth-order valence-corrected chi connectivity index (χ4v) is 4.75. The number of hydrogen-bond acceptors (Lipinski definition) is 5. The largest absolute Gasteiger partial charge is 0.353 e. The van der Waals surface area contributed by atoms with Gasteiger partial charge in [0.2, 0.25) is 5.91 Å². The normalized spacial score (nSPS) is 14.9. The highest BCUT2D eigenvalue weighted by molar-refractivity contribution is 7.99. The Morgan fingerprint density at radius 1 is 1.03 bits per heavy atom. The summed E-state index contributed by atoms with van der Waals surface area (Å²) < 4.78 is 2.03. The average Bonchev–Trinajstić information content (AvgIpc) is 3.07. The van der Waals surface area contributed by atoms with Crippen LogP contribution in [-0.4, -0.2) is 37.5 Å². The Labute approximate surface area is 187 Å². The van der Waals surface area contributed by atoms with Crippen LogP contribution in [0, 0.1) is 0 Å². The van der Waals surface area contributed by atoms with Crippen LogP contribution in [0.2, 0.25) is 0 Å². The summed E-state index contributed by atoms with van der Waals surface area (Å²) in [6.45, 7) is 2.14. The van der Waals surface area contributed by atoms with E-state index in [1.807, 2.05) is 16.7 Å². The van der Waals surface area contributed by atoms with Gasteiger partial charge in [-0.15, -0.1) is 10.2 Å². The first-order valence-electron chi connectivity index (χ1n) is 11.1. The number of carbonyl (C=O) groups is 1. The van der Waals surface area contributed by atoms with Crippen molar-refractivity contribution in [1.82, 2.24) is 25.1 Å². The van der Waals surface area contributed by atoms with Crippen molar-refractivity contribution in [2.24, 2.45) is 0 Å². The zero-order valence-corrected chi connectivity index (χ0v) is 18.8. The van der Waals surface area contributed by atoms with Gasteiger partial charge in [0.05, 0.1) is 5.75 Å². The smallest absolute Gasteiger partial charge is 0.230 e.